The molecule has 1 fully saturated rings. The average Bonchev–Trinajstić information content (AvgIpc) is 2.28. The van der Waals surface area contributed by atoms with E-state index < -0.39 is 0 Å². The molecular weight excluding hydrogens is 174 g/mol. The van der Waals surface area contributed by atoms with Crippen LogP contribution in [0.25, 0.3) is 0 Å². The van der Waals surface area contributed by atoms with E-state index in [0.717, 1.165) is 12.8 Å². The highest BCUT2D eigenvalue weighted by Crippen LogP contribution is 2.22. The minimum atomic E-state index is -0.0119. The van der Waals surface area contributed by atoms with Crippen molar-refractivity contribution in [1.29, 1.82) is 0 Å². The Kier molecular flexibility index (Phi) is 4.90. The molecule has 0 atom stereocenters. The van der Waals surface area contributed by atoms with Crippen LogP contribution in [0, 0.1) is 0 Å². The number of hydrogen-bond acceptors (Lipinski definition) is 2. The zero-order chi connectivity index (χ0) is 10.4. The third kappa shape index (κ3) is 2.96. The highest BCUT2D eigenvalue weighted by Gasteiger charge is 2.28. The number of aliphatic hydroxyl groups excluding tert-OH is 1. The van der Waals surface area contributed by atoms with Gasteiger partial charge < -0.3 is 10.4 Å². The Morgan fingerprint density at radius 2 is 1.71 bits per heavy atom. The van der Waals surface area contributed by atoms with Gasteiger partial charge in [0.05, 0.1) is 6.61 Å². The summed E-state index contributed by atoms with van der Waals surface area (Å²) in [7, 11) is 0. The first kappa shape index (κ1) is 12.0. The van der Waals surface area contributed by atoms with Crippen molar-refractivity contribution < 1.29 is 5.11 Å². The zero-order valence-corrected chi connectivity index (χ0v) is 9.68. The highest BCUT2D eigenvalue weighted by molar-refractivity contribution is 4.89. The van der Waals surface area contributed by atoms with Crippen molar-refractivity contribution in [3.05, 3.63) is 0 Å². The Labute approximate surface area is 88.1 Å². The number of nitrogens with one attached hydrogen (secondary N) is 1. The lowest BCUT2D eigenvalue weighted by Crippen LogP contribution is -2.52. The van der Waals surface area contributed by atoms with Crippen LogP contribution in [0.15, 0.2) is 0 Å². The number of hydrogen-bond donors (Lipinski definition) is 2. The molecular formula is C12H25NO. The van der Waals surface area contributed by atoms with Gasteiger partial charge in [-0.2, -0.15) is 0 Å². The molecule has 0 aromatic heterocycles. The van der Waals surface area contributed by atoms with Crippen LogP contribution >= 0.6 is 0 Å². The first-order valence-electron chi connectivity index (χ1n) is 6.15. The summed E-state index contributed by atoms with van der Waals surface area (Å²) < 4.78 is 0. The van der Waals surface area contributed by atoms with Crippen LogP contribution in [0.3, 0.4) is 0 Å². The number of aliphatic hydroxyl groups is 1. The van der Waals surface area contributed by atoms with Crippen molar-refractivity contribution in [2.45, 2.75) is 70.4 Å². The van der Waals surface area contributed by atoms with E-state index in [1.54, 1.807) is 0 Å². The molecule has 0 bridgehead atoms. The maximum atomic E-state index is 9.44. The predicted molar refractivity (Wildman–Crippen MR) is 60.4 cm³/mol. The zero-order valence-electron chi connectivity index (χ0n) is 9.68. The summed E-state index contributed by atoms with van der Waals surface area (Å²) in [4.78, 5) is 0. The molecule has 0 spiro atoms. The van der Waals surface area contributed by atoms with Gasteiger partial charge in [0.2, 0.25) is 0 Å². The molecule has 0 aromatic rings. The summed E-state index contributed by atoms with van der Waals surface area (Å²) in [6.07, 6.45) is 8.73. The van der Waals surface area contributed by atoms with E-state index in [4.69, 9.17) is 0 Å². The van der Waals surface area contributed by atoms with Gasteiger partial charge in [-0.3, -0.25) is 0 Å². The smallest absolute Gasteiger partial charge is 0.0613 e. The molecule has 1 aliphatic carbocycles. The van der Waals surface area contributed by atoms with E-state index >= 15 is 0 Å². The monoisotopic (exact) mass is 199 g/mol. The molecule has 2 heteroatoms. The van der Waals surface area contributed by atoms with E-state index in [1.807, 2.05) is 0 Å². The van der Waals surface area contributed by atoms with Gasteiger partial charge in [0, 0.05) is 11.6 Å². The van der Waals surface area contributed by atoms with Crippen LogP contribution in [0.1, 0.15) is 58.8 Å². The summed E-state index contributed by atoms with van der Waals surface area (Å²) in [5.41, 5.74) is -0.0119. The molecule has 1 aliphatic rings. The summed E-state index contributed by atoms with van der Waals surface area (Å²) in [5, 5.41) is 13.1. The summed E-state index contributed by atoms with van der Waals surface area (Å²) in [5.74, 6) is 0. The second-order valence-electron chi connectivity index (χ2n) is 4.62. The highest BCUT2D eigenvalue weighted by atomic mass is 16.3. The van der Waals surface area contributed by atoms with Crippen molar-refractivity contribution in [3.63, 3.8) is 0 Å². The molecule has 1 rings (SSSR count). The molecule has 84 valence electrons. The fraction of sp³-hybridized carbons (Fsp3) is 1.00. The molecule has 2 nitrogen and oxygen atoms in total. The molecule has 0 aromatic carbocycles. The largest absolute Gasteiger partial charge is 0.394 e. The molecule has 1 saturated carbocycles. The Bertz CT molecular complexity index is 140. The fourth-order valence-corrected chi connectivity index (χ4v) is 2.40. The Morgan fingerprint density at radius 3 is 2.14 bits per heavy atom. The molecule has 14 heavy (non-hydrogen) atoms. The summed E-state index contributed by atoms with van der Waals surface area (Å²) in [6.45, 7) is 4.60. The molecule has 0 aliphatic heterocycles. The standard InChI is InChI=1S/C12H25NO/c1-3-12(4-2,10-14)13-11-8-6-5-7-9-11/h11,13-14H,3-10H2,1-2H3. The van der Waals surface area contributed by atoms with Crippen LogP contribution in [0.2, 0.25) is 0 Å². The maximum absolute atomic E-state index is 9.44. The molecule has 0 radical (unpaired) electrons. The van der Waals surface area contributed by atoms with Gasteiger partial charge in [-0.05, 0) is 25.7 Å². The van der Waals surface area contributed by atoms with Gasteiger partial charge in [-0.15, -0.1) is 0 Å². The van der Waals surface area contributed by atoms with Crippen molar-refractivity contribution in [3.8, 4) is 0 Å². The van der Waals surface area contributed by atoms with Crippen LogP contribution in [-0.2, 0) is 0 Å². The van der Waals surface area contributed by atoms with E-state index in [0.29, 0.717) is 6.04 Å². The Hall–Kier alpha value is -0.0800. The molecule has 2 N–H and O–H groups in total. The van der Waals surface area contributed by atoms with E-state index in [-0.39, 0.29) is 12.1 Å². The average molecular weight is 199 g/mol. The first-order chi connectivity index (χ1) is 6.76. The third-order valence-corrected chi connectivity index (χ3v) is 3.77. The van der Waals surface area contributed by atoms with Gasteiger partial charge in [-0.25, -0.2) is 0 Å². The van der Waals surface area contributed by atoms with E-state index in [9.17, 15) is 5.11 Å². The Balaban J connectivity index is 2.44. The van der Waals surface area contributed by atoms with Gasteiger partial charge in [0.15, 0.2) is 0 Å². The van der Waals surface area contributed by atoms with Crippen LogP contribution in [0.5, 0.6) is 0 Å². The second kappa shape index (κ2) is 5.72. The van der Waals surface area contributed by atoms with Crippen molar-refractivity contribution >= 4 is 0 Å². The lowest BCUT2D eigenvalue weighted by molar-refractivity contribution is 0.128. The molecule has 0 unspecified atom stereocenters. The minimum absolute atomic E-state index is 0.0119. The van der Waals surface area contributed by atoms with E-state index in [2.05, 4.69) is 19.2 Å². The van der Waals surface area contributed by atoms with Crippen LogP contribution < -0.4 is 5.32 Å². The molecule has 0 saturated heterocycles. The van der Waals surface area contributed by atoms with E-state index in [1.165, 1.54) is 32.1 Å². The summed E-state index contributed by atoms with van der Waals surface area (Å²) in [6, 6.07) is 0.649. The van der Waals surface area contributed by atoms with Crippen molar-refractivity contribution in [1.82, 2.24) is 5.32 Å². The second-order valence-corrected chi connectivity index (χ2v) is 4.62. The van der Waals surface area contributed by atoms with Gasteiger partial charge in [-0.1, -0.05) is 33.1 Å². The van der Waals surface area contributed by atoms with Gasteiger partial charge >= 0.3 is 0 Å². The fourth-order valence-electron chi connectivity index (χ4n) is 2.40. The number of rotatable bonds is 5. The maximum Gasteiger partial charge on any atom is 0.0613 e. The predicted octanol–water partition coefficient (Wildman–Crippen LogP) is 2.46. The van der Waals surface area contributed by atoms with Crippen molar-refractivity contribution in [2.75, 3.05) is 6.61 Å². The first-order valence-corrected chi connectivity index (χ1v) is 6.15. The molecule has 0 heterocycles. The van der Waals surface area contributed by atoms with Gasteiger partial charge in [0.1, 0.15) is 0 Å². The summed E-state index contributed by atoms with van der Waals surface area (Å²) >= 11 is 0. The van der Waals surface area contributed by atoms with Gasteiger partial charge in [0.25, 0.3) is 0 Å². The molecule has 0 amide bonds. The lowest BCUT2D eigenvalue weighted by atomic mass is 9.88. The van der Waals surface area contributed by atoms with Crippen LogP contribution in [0.4, 0.5) is 0 Å². The normalized spacial score (nSPS) is 19.9. The topological polar surface area (TPSA) is 32.3 Å². The quantitative estimate of drug-likeness (QED) is 0.713. The SMILES string of the molecule is CCC(CC)(CO)NC1CCCCC1. The Morgan fingerprint density at radius 1 is 1.14 bits per heavy atom. The minimum Gasteiger partial charge on any atom is -0.394 e. The lowest BCUT2D eigenvalue weighted by Gasteiger charge is -2.37. The third-order valence-electron chi connectivity index (χ3n) is 3.77. The van der Waals surface area contributed by atoms with Crippen LogP contribution in [-0.4, -0.2) is 23.3 Å². The van der Waals surface area contributed by atoms with Crippen molar-refractivity contribution in [2.24, 2.45) is 0 Å².